The summed E-state index contributed by atoms with van der Waals surface area (Å²) in [6.07, 6.45) is 8.38. The maximum absolute atomic E-state index is 11.9. The van der Waals surface area contributed by atoms with Crippen LogP contribution < -0.4 is 10.6 Å². The third kappa shape index (κ3) is 5.29. The number of benzene rings is 1. The highest BCUT2D eigenvalue weighted by Gasteiger charge is 2.12. The molecule has 1 aromatic heterocycles. The molecule has 1 aliphatic carbocycles. The maximum Gasteiger partial charge on any atom is 0.339 e. The number of aromatic nitrogens is 2. The first-order chi connectivity index (χ1) is 13.2. The van der Waals surface area contributed by atoms with E-state index in [1.54, 1.807) is 12.1 Å². The number of hydrogen-bond acceptors (Lipinski definition) is 6. The average molecular weight is 366 g/mol. The summed E-state index contributed by atoms with van der Waals surface area (Å²) in [5, 5.41) is 6.52. The Labute approximate surface area is 160 Å². The van der Waals surface area contributed by atoms with Gasteiger partial charge in [0.15, 0.2) is 0 Å². The molecule has 0 radical (unpaired) electrons. The van der Waals surface area contributed by atoms with Crippen LogP contribution >= 0.6 is 0 Å². The fraction of sp³-hybridized carbons (Fsp3) is 0.381. The molecule has 0 amide bonds. The fourth-order valence-corrected chi connectivity index (χ4v) is 3.20. The number of nitrogens with one attached hydrogen (secondary N) is 2. The number of rotatable bonds is 7. The molecule has 0 saturated heterocycles. The number of para-hydroxylation sites is 1. The quantitative estimate of drug-likeness (QED) is 0.550. The van der Waals surface area contributed by atoms with Crippen molar-refractivity contribution in [3.63, 3.8) is 0 Å². The number of allylic oxidation sites excluding steroid dienone is 1. The normalized spacial score (nSPS) is 13.6. The van der Waals surface area contributed by atoms with Crippen molar-refractivity contribution >= 4 is 23.4 Å². The number of aryl methyl sites for hydroxylation is 1. The van der Waals surface area contributed by atoms with Crippen molar-refractivity contribution in [2.24, 2.45) is 0 Å². The number of hydrogen-bond donors (Lipinski definition) is 2. The van der Waals surface area contributed by atoms with Crippen LogP contribution in [-0.2, 0) is 4.74 Å². The summed E-state index contributed by atoms with van der Waals surface area (Å²) >= 11 is 0. The summed E-state index contributed by atoms with van der Waals surface area (Å²) in [6, 6.07) is 9.06. The van der Waals surface area contributed by atoms with Gasteiger partial charge in [-0.25, -0.2) is 9.78 Å². The molecule has 0 unspecified atom stereocenters. The van der Waals surface area contributed by atoms with Crippen LogP contribution in [0.4, 0.5) is 17.5 Å². The zero-order valence-corrected chi connectivity index (χ0v) is 15.9. The minimum atomic E-state index is -0.386. The Kier molecular flexibility index (Phi) is 6.41. The summed E-state index contributed by atoms with van der Waals surface area (Å²) in [6.45, 7) is 2.74. The van der Waals surface area contributed by atoms with Crippen molar-refractivity contribution in [2.75, 3.05) is 24.3 Å². The lowest BCUT2D eigenvalue weighted by Crippen LogP contribution is -2.10. The highest BCUT2D eigenvalue weighted by atomic mass is 16.5. The molecule has 2 aromatic rings. The molecule has 27 heavy (non-hydrogen) atoms. The van der Waals surface area contributed by atoms with Crippen LogP contribution in [-0.4, -0.2) is 29.6 Å². The van der Waals surface area contributed by atoms with E-state index >= 15 is 0 Å². The van der Waals surface area contributed by atoms with Gasteiger partial charge in [-0.1, -0.05) is 23.8 Å². The number of anilines is 3. The summed E-state index contributed by atoms with van der Waals surface area (Å²) in [5.74, 6) is 0.839. The van der Waals surface area contributed by atoms with Crippen molar-refractivity contribution in [2.45, 2.75) is 39.0 Å². The van der Waals surface area contributed by atoms with Crippen molar-refractivity contribution in [1.82, 2.24) is 9.97 Å². The minimum absolute atomic E-state index is 0.386. The first kappa shape index (κ1) is 18.9. The molecule has 2 N–H and O–H groups in total. The second kappa shape index (κ2) is 9.16. The molecule has 0 saturated carbocycles. The molecule has 6 heteroatoms. The van der Waals surface area contributed by atoms with E-state index in [0.717, 1.165) is 18.7 Å². The van der Waals surface area contributed by atoms with Gasteiger partial charge in [-0.2, -0.15) is 4.98 Å². The fourth-order valence-electron chi connectivity index (χ4n) is 3.20. The second-order valence-electron chi connectivity index (χ2n) is 6.67. The van der Waals surface area contributed by atoms with Crippen molar-refractivity contribution in [1.29, 1.82) is 0 Å². The minimum Gasteiger partial charge on any atom is -0.465 e. The van der Waals surface area contributed by atoms with Crippen molar-refractivity contribution in [3.8, 4) is 0 Å². The first-order valence-electron chi connectivity index (χ1n) is 9.37. The molecule has 142 valence electrons. The number of carbonyl (C=O) groups is 1. The molecule has 0 spiro atoms. The predicted octanol–water partition coefficient (Wildman–Crippen LogP) is 4.62. The Morgan fingerprint density at radius 3 is 2.85 bits per heavy atom. The van der Waals surface area contributed by atoms with Crippen LogP contribution in [0, 0.1) is 6.92 Å². The van der Waals surface area contributed by atoms with Crippen LogP contribution in [0.5, 0.6) is 0 Å². The van der Waals surface area contributed by atoms with Crippen LogP contribution in [0.15, 0.2) is 42.0 Å². The smallest absolute Gasteiger partial charge is 0.339 e. The van der Waals surface area contributed by atoms with Gasteiger partial charge in [0.05, 0.1) is 18.4 Å². The molecule has 1 aliphatic rings. The molecule has 6 nitrogen and oxygen atoms in total. The lowest BCUT2D eigenvalue weighted by molar-refractivity contribution is 0.0602. The first-order valence-corrected chi connectivity index (χ1v) is 9.37. The predicted molar refractivity (Wildman–Crippen MR) is 107 cm³/mol. The number of ether oxygens (including phenoxy) is 1. The largest absolute Gasteiger partial charge is 0.465 e. The Hall–Kier alpha value is -2.89. The number of esters is 1. The third-order valence-corrected chi connectivity index (χ3v) is 4.56. The van der Waals surface area contributed by atoms with E-state index in [1.807, 2.05) is 25.1 Å². The van der Waals surface area contributed by atoms with Gasteiger partial charge in [-0.3, -0.25) is 0 Å². The van der Waals surface area contributed by atoms with Gasteiger partial charge in [0.1, 0.15) is 5.82 Å². The zero-order chi connectivity index (χ0) is 19.1. The number of carbonyl (C=O) groups excluding carboxylic acids is 1. The van der Waals surface area contributed by atoms with Gasteiger partial charge in [0, 0.05) is 18.3 Å². The van der Waals surface area contributed by atoms with Crippen molar-refractivity contribution < 1.29 is 9.53 Å². The monoisotopic (exact) mass is 366 g/mol. The zero-order valence-electron chi connectivity index (χ0n) is 15.9. The average Bonchev–Trinajstić information content (AvgIpc) is 2.68. The highest BCUT2D eigenvalue weighted by molar-refractivity contribution is 5.96. The van der Waals surface area contributed by atoms with Crippen LogP contribution in [0.25, 0.3) is 0 Å². The molecule has 1 aromatic carbocycles. The van der Waals surface area contributed by atoms with E-state index < -0.39 is 0 Å². The Morgan fingerprint density at radius 2 is 2.07 bits per heavy atom. The van der Waals surface area contributed by atoms with Crippen LogP contribution in [0.3, 0.4) is 0 Å². The van der Waals surface area contributed by atoms with Gasteiger partial charge in [-0.05, 0) is 51.2 Å². The highest BCUT2D eigenvalue weighted by Crippen LogP contribution is 2.22. The summed E-state index contributed by atoms with van der Waals surface area (Å²) in [5.41, 5.74) is 3.49. The molecular formula is C21H26N4O2. The molecule has 0 fully saturated rings. The van der Waals surface area contributed by atoms with Gasteiger partial charge >= 0.3 is 5.97 Å². The molecule has 0 aliphatic heterocycles. The Bertz CT molecular complexity index is 833. The number of methoxy groups -OCH3 is 1. The van der Waals surface area contributed by atoms with Gasteiger partial charge in [-0.15, -0.1) is 0 Å². The van der Waals surface area contributed by atoms with E-state index in [0.29, 0.717) is 23.0 Å². The van der Waals surface area contributed by atoms with E-state index in [1.165, 1.54) is 38.4 Å². The third-order valence-electron chi connectivity index (χ3n) is 4.56. The SMILES string of the molecule is COC(=O)c1ccccc1Nc1cc(C)nc(NCCC2=CCCCC2)n1. The van der Waals surface area contributed by atoms with Crippen LogP contribution in [0.2, 0.25) is 0 Å². The number of nitrogens with zero attached hydrogens (tertiary/aromatic N) is 2. The topological polar surface area (TPSA) is 76.1 Å². The molecule has 0 atom stereocenters. The van der Waals surface area contributed by atoms with E-state index in [-0.39, 0.29) is 5.97 Å². The molecule has 0 bridgehead atoms. The summed E-state index contributed by atoms with van der Waals surface area (Å²) in [7, 11) is 1.37. The van der Waals surface area contributed by atoms with Gasteiger partial charge in [0.2, 0.25) is 5.95 Å². The maximum atomic E-state index is 11.9. The summed E-state index contributed by atoms with van der Waals surface area (Å²) in [4.78, 5) is 20.9. The Balaban J connectivity index is 1.68. The van der Waals surface area contributed by atoms with Gasteiger partial charge in [0.25, 0.3) is 0 Å². The molecular weight excluding hydrogens is 340 g/mol. The summed E-state index contributed by atoms with van der Waals surface area (Å²) < 4.78 is 4.84. The van der Waals surface area contributed by atoms with E-state index in [2.05, 4.69) is 26.7 Å². The van der Waals surface area contributed by atoms with Crippen molar-refractivity contribution in [3.05, 3.63) is 53.2 Å². The molecule has 1 heterocycles. The van der Waals surface area contributed by atoms with Crippen LogP contribution in [0.1, 0.15) is 48.2 Å². The standard InChI is InChI=1S/C21H26N4O2/c1-15-14-19(24-18-11-7-6-10-17(18)20(26)27-2)25-21(23-15)22-13-12-16-8-4-3-5-9-16/h6-8,10-11,14H,3-5,9,12-13H2,1-2H3,(H2,22,23,24,25). The Morgan fingerprint density at radius 1 is 1.22 bits per heavy atom. The second-order valence-corrected chi connectivity index (χ2v) is 6.67. The molecule has 3 rings (SSSR count). The lowest BCUT2D eigenvalue weighted by Gasteiger charge is -2.14. The lowest BCUT2D eigenvalue weighted by atomic mass is 9.97. The van der Waals surface area contributed by atoms with Gasteiger partial charge < -0.3 is 15.4 Å². The van der Waals surface area contributed by atoms with E-state index in [4.69, 9.17) is 4.74 Å². The van der Waals surface area contributed by atoms with E-state index in [9.17, 15) is 4.79 Å².